The van der Waals surface area contributed by atoms with Gasteiger partial charge in [-0.3, -0.25) is 0 Å². The highest BCUT2D eigenvalue weighted by atomic mass is 79.9. The average molecular weight is 281 g/mol. The third kappa shape index (κ3) is 2.85. The first-order valence-electron chi connectivity index (χ1n) is 5.84. The van der Waals surface area contributed by atoms with E-state index in [1.165, 1.54) is 32.1 Å². The Hall–Kier alpha value is -0.830. The van der Waals surface area contributed by atoms with E-state index in [0.29, 0.717) is 0 Å². The topological polar surface area (TPSA) is 17.8 Å². The van der Waals surface area contributed by atoms with Crippen molar-refractivity contribution in [3.63, 3.8) is 0 Å². The van der Waals surface area contributed by atoms with Gasteiger partial charge in [0.1, 0.15) is 0 Å². The number of halogens is 1. The molecule has 86 valence electrons. The maximum atomic E-state index is 4.21. The Balaban J connectivity index is 0.000000162. The van der Waals surface area contributed by atoms with E-state index in [9.17, 15) is 0 Å². The van der Waals surface area contributed by atoms with E-state index in [4.69, 9.17) is 0 Å². The van der Waals surface area contributed by atoms with Crippen LogP contribution < -0.4 is 0 Å². The van der Waals surface area contributed by atoms with Crippen LogP contribution >= 0.6 is 15.9 Å². The maximum Gasteiger partial charge on any atom is 0.0955 e. The molecule has 0 aliphatic heterocycles. The molecule has 1 aliphatic carbocycles. The normalized spacial score (nSPS) is 14.9. The Morgan fingerprint density at radius 2 is 1.75 bits per heavy atom. The minimum absolute atomic E-state index is 1.03. The van der Waals surface area contributed by atoms with Gasteiger partial charge in [0, 0.05) is 11.5 Å². The second-order valence-electron chi connectivity index (χ2n) is 4.26. The number of nitrogens with zero attached hydrogens (tertiary/aromatic N) is 2. The molecular formula is C13H17BrN2. The number of benzene rings is 1. The van der Waals surface area contributed by atoms with Gasteiger partial charge in [-0.15, -0.1) is 0 Å². The first-order chi connectivity index (χ1) is 7.77. The number of imidazole rings is 1. The fourth-order valence-corrected chi connectivity index (χ4v) is 2.34. The minimum atomic E-state index is 1.03. The average Bonchev–Trinajstić information content (AvgIpc) is 2.92. The second-order valence-corrected chi connectivity index (χ2v) is 5.17. The molecule has 16 heavy (non-hydrogen) atoms. The maximum absolute atomic E-state index is 4.21. The Morgan fingerprint density at radius 1 is 1.12 bits per heavy atom. The van der Waals surface area contributed by atoms with Gasteiger partial charge >= 0.3 is 0 Å². The van der Waals surface area contributed by atoms with Crippen molar-refractivity contribution in [2.45, 2.75) is 32.1 Å². The molecule has 0 unspecified atom stereocenters. The van der Waals surface area contributed by atoms with Crippen LogP contribution in [0.5, 0.6) is 0 Å². The monoisotopic (exact) mass is 280 g/mol. The van der Waals surface area contributed by atoms with Gasteiger partial charge < -0.3 is 4.57 Å². The summed E-state index contributed by atoms with van der Waals surface area (Å²) in [4.78, 5) is 4.21. The van der Waals surface area contributed by atoms with Crippen LogP contribution in [0.15, 0.2) is 29.0 Å². The predicted octanol–water partition coefficient (Wildman–Crippen LogP) is 4.29. The van der Waals surface area contributed by atoms with E-state index < -0.39 is 0 Å². The van der Waals surface area contributed by atoms with Crippen LogP contribution in [0.1, 0.15) is 32.1 Å². The Kier molecular flexibility index (Phi) is 3.99. The number of aromatic nitrogens is 2. The van der Waals surface area contributed by atoms with Crippen LogP contribution in [0.3, 0.4) is 0 Å². The van der Waals surface area contributed by atoms with Crippen molar-refractivity contribution in [3.05, 3.63) is 29.0 Å². The summed E-state index contributed by atoms with van der Waals surface area (Å²) in [7, 11) is 1.99. The van der Waals surface area contributed by atoms with Crippen LogP contribution in [0.4, 0.5) is 0 Å². The summed E-state index contributed by atoms with van der Waals surface area (Å²) >= 11 is 3.39. The van der Waals surface area contributed by atoms with Gasteiger partial charge in [-0.25, -0.2) is 4.98 Å². The van der Waals surface area contributed by atoms with Gasteiger partial charge in [-0.05, 0) is 18.2 Å². The van der Waals surface area contributed by atoms with Gasteiger partial charge in [0.05, 0.1) is 17.4 Å². The molecule has 0 spiro atoms. The van der Waals surface area contributed by atoms with Crippen molar-refractivity contribution >= 4 is 27.0 Å². The van der Waals surface area contributed by atoms with Crippen LogP contribution in [-0.4, -0.2) is 9.55 Å². The van der Waals surface area contributed by atoms with Crippen molar-refractivity contribution in [1.82, 2.24) is 9.55 Å². The Labute approximate surface area is 105 Å². The van der Waals surface area contributed by atoms with Crippen molar-refractivity contribution in [1.29, 1.82) is 0 Å². The minimum Gasteiger partial charge on any atom is -0.334 e. The highest BCUT2D eigenvalue weighted by Crippen LogP contribution is 2.17. The molecule has 0 radical (unpaired) electrons. The summed E-state index contributed by atoms with van der Waals surface area (Å²) in [5.41, 5.74) is 2.19. The molecule has 1 aliphatic rings. The molecule has 1 saturated carbocycles. The van der Waals surface area contributed by atoms with Crippen LogP contribution in [-0.2, 0) is 7.05 Å². The lowest BCUT2D eigenvalue weighted by Crippen LogP contribution is -1.82. The molecule has 0 saturated heterocycles. The highest BCUT2D eigenvalue weighted by Gasteiger charge is 1.97. The molecule has 2 nitrogen and oxygen atoms in total. The number of aryl methyl sites for hydroxylation is 1. The van der Waals surface area contributed by atoms with E-state index in [0.717, 1.165) is 15.5 Å². The molecule has 3 heteroatoms. The van der Waals surface area contributed by atoms with E-state index in [1.807, 2.05) is 36.1 Å². The Bertz CT molecular complexity index is 450. The van der Waals surface area contributed by atoms with Crippen LogP contribution in [0.2, 0.25) is 0 Å². The zero-order valence-corrected chi connectivity index (χ0v) is 11.2. The van der Waals surface area contributed by atoms with E-state index in [-0.39, 0.29) is 0 Å². The third-order valence-electron chi connectivity index (χ3n) is 2.94. The zero-order chi connectivity index (χ0) is 11.4. The highest BCUT2D eigenvalue weighted by molar-refractivity contribution is 9.10. The number of hydrogen-bond donors (Lipinski definition) is 0. The molecule has 0 bridgehead atoms. The first-order valence-corrected chi connectivity index (χ1v) is 6.63. The van der Waals surface area contributed by atoms with Crippen LogP contribution in [0.25, 0.3) is 11.0 Å². The SMILES string of the molecule is C1CCCC1.Cn1cnc2cc(Br)ccc21. The molecule has 1 aromatic carbocycles. The number of rotatable bonds is 0. The third-order valence-corrected chi connectivity index (χ3v) is 3.43. The van der Waals surface area contributed by atoms with E-state index in [1.54, 1.807) is 0 Å². The van der Waals surface area contributed by atoms with Crippen molar-refractivity contribution < 1.29 is 0 Å². The van der Waals surface area contributed by atoms with Crippen molar-refractivity contribution in [2.24, 2.45) is 7.05 Å². The standard InChI is InChI=1S/C8H7BrN2.C5H10/c1-11-5-10-7-4-6(9)2-3-8(7)11;1-2-4-5-3-1/h2-5H,1H3;1-5H2. The van der Waals surface area contributed by atoms with Crippen molar-refractivity contribution in [3.8, 4) is 0 Å². The number of hydrogen-bond acceptors (Lipinski definition) is 1. The van der Waals surface area contributed by atoms with Gasteiger partial charge in [0.2, 0.25) is 0 Å². The fourth-order valence-electron chi connectivity index (χ4n) is 1.99. The van der Waals surface area contributed by atoms with Gasteiger partial charge in [-0.1, -0.05) is 48.0 Å². The fraction of sp³-hybridized carbons (Fsp3) is 0.462. The summed E-state index contributed by atoms with van der Waals surface area (Å²) in [5.74, 6) is 0. The second kappa shape index (κ2) is 5.48. The molecule has 1 aromatic heterocycles. The Morgan fingerprint density at radius 3 is 2.38 bits per heavy atom. The molecule has 1 heterocycles. The summed E-state index contributed by atoms with van der Waals surface area (Å²) in [5, 5.41) is 0. The zero-order valence-electron chi connectivity index (χ0n) is 9.62. The first kappa shape index (κ1) is 11.6. The lowest BCUT2D eigenvalue weighted by atomic mass is 10.3. The lowest BCUT2D eigenvalue weighted by molar-refractivity contribution is 0.886. The molecule has 0 N–H and O–H groups in total. The molecule has 0 atom stereocenters. The smallest absolute Gasteiger partial charge is 0.0955 e. The summed E-state index contributed by atoms with van der Waals surface area (Å²) in [6, 6.07) is 6.08. The summed E-state index contributed by atoms with van der Waals surface area (Å²) < 4.78 is 3.07. The largest absolute Gasteiger partial charge is 0.334 e. The summed E-state index contributed by atoms with van der Waals surface area (Å²) in [6.07, 6.45) is 9.32. The number of fused-ring (bicyclic) bond motifs is 1. The predicted molar refractivity (Wildman–Crippen MR) is 71.5 cm³/mol. The quantitative estimate of drug-likeness (QED) is 0.704. The molecule has 3 rings (SSSR count). The van der Waals surface area contributed by atoms with Crippen LogP contribution in [0, 0.1) is 0 Å². The molecule has 2 aromatic rings. The lowest BCUT2D eigenvalue weighted by Gasteiger charge is -1.92. The van der Waals surface area contributed by atoms with Gasteiger partial charge in [-0.2, -0.15) is 0 Å². The van der Waals surface area contributed by atoms with E-state index >= 15 is 0 Å². The van der Waals surface area contributed by atoms with E-state index in [2.05, 4.69) is 20.9 Å². The van der Waals surface area contributed by atoms with Gasteiger partial charge in [0.15, 0.2) is 0 Å². The van der Waals surface area contributed by atoms with Gasteiger partial charge in [0.25, 0.3) is 0 Å². The van der Waals surface area contributed by atoms with Crippen molar-refractivity contribution in [2.75, 3.05) is 0 Å². The molecule has 0 amide bonds. The molecular weight excluding hydrogens is 264 g/mol. The molecule has 1 fully saturated rings. The summed E-state index contributed by atoms with van der Waals surface area (Å²) in [6.45, 7) is 0.